The molecule has 21 heavy (non-hydrogen) atoms. The molecule has 0 atom stereocenters. The van der Waals surface area contributed by atoms with E-state index in [2.05, 4.69) is 9.72 Å². The van der Waals surface area contributed by atoms with Crippen LogP contribution in [0.25, 0.3) is 0 Å². The van der Waals surface area contributed by atoms with Crippen molar-refractivity contribution in [3.8, 4) is 5.75 Å². The van der Waals surface area contributed by atoms with Gasteiger partial charge in [0, 0.05) is 18.3 Å². The van der Waals surface area contributed by atoms with Crippen molar-refractivity contribution in [2.45, 2.75) is 12.8 Å². The molecule has 0 spiro atoms. The third-order valence-electron chi connectivity index (χ3n) is 2.65. The Balaban J connectivity index is 2.30. The van der Waals surface area contributed by atoms with Gasteiger partial charge < -0.3 is 10.5 Å². The summed E-state index contributed by atoms with van der Waals surface area (Å²) < 4.78 is 40.5. The molecule has 2 aromatic rings. The van der Waals surface area contributed by atoms with Gasteiger partial charge in [0.1, 0.15) is 5.75 Å². The van der Waals surface area contributed by atoms with Gasteiger partial charge in [-0.25, -0.2) is 0 Å². The Bertz CT molecular complexity index is 642. The fourth-order valence-corrected chi connectivity index (χ4v) is 1.81. The highest BCUT2D eigenvalue weighted by Gasteiger charge is 2.32. The molecule has 1 aromatic heterocycles. The quantitative estimate of drug-likeness (QED) is 0.943. The van der Waals surface area contributed by atoms with Crippen LogP contribution in [0.5, 0.6) is 5.75 Å². The first-order valence-corrected chi connectivity index (χ1v) is 5.93. The van der Waals surface area contributed by atoms with Gasteiger partial charge in [-0.3, -0.25) is 9.78 Å². The van der Waals surface area contributed by atoms with E-state index >= 15 is 0 Å². The highest BCUT2D eigenvalue weighted by Crippen LogP contribution is 2.27. The first-order chi connectivity index (χ1) is 9.85. The Morgan fingerprint density at radius 3 is 2.57 bits per heavy atom. The van der Waals surface area contributed by atoms with Crippen LogP contribution in [0.4, 0.5) is 13.2 Å². The van der Waals surface area contributed by atoms with Crippen LogP contribution in [0.1, 0.15) is 21.6 Å². The zero-order valence-electron chi connectivity index (χ0n) is 10.7. The number of carbonyl (C=O) groups is 1. The summed E-state index contributed by atoms with van der Waals surface area (Å²) in [6.07, 6.45) is -2.91. The first-order valence-electron chi connectivity index (χ1n) is 5.93. The lowest BCUT2D eigenvalue weighted by Crippen LogP contribution is -2.21. The second-order valence-electron chi connectivity index (χ2n) is 4.24. The summed E-state index contributed by atoms with van der Waals surface area (Å²) in [7, 11) is 0. The van der Waals surface area contributed by atoms with Gasteiger partial charge in [0.25, 0.3) is 5.91 Å². The Morgan fingerprint density at radius 1 is 1.24 bits per heavy atom. The van der Waals surface area contributed by atoms with Crippen molar-refractivity contribution >= 4 is 5.91 Å². The lowest BCUT2D eigenvalue weighted by Gasteiger charge is -2.12. The summed E-state index contributed by atoms with van der Waals surface area (Å²) in [5.41, 5.74) is 6.10. The third-order valence-corrected chi connectivity index (χ3v) is 2.65. The minimum atomic E-state index is -4.88. The van der Waals surface area contributed by atoms with Crippen molar-refractivity contribution in [1.82, 2.24) is 4.98 Å². The number of nitrogens with zero attached hydrogens (tertiary/aromatic N) is 1. The minimum absolute atomic E-state index is 0.319. The molecule has 0 radical (unpaired) electrons. The Morgan fingerprint density at radius 2 is 2.00 bits per heavy atom. The van der Waals surface area contributed by atoms with E-state index in [4.69, 9.17) is 5.73 Å². The zero-order chi connectivity index (χ0) is 15.5. The lowest BCUT2D eigenvalue weighted by atomic mass is 10.0. The molecule has 1 heterocycles. The molecule has 1 amide bonds. The largest absolute Gasteiger partial charge is 0.573 e. The Hall–Kier alpha value is -2.57. The highest BCUT2D eigenvalue weighted by atomic mass is 19.4. The number of ether oxygens (including phenoxy) is 1. The molecule has 7 heteroatoms. The predicted molar refractivity (Wildman–Crippen MR) is 68.7 cm³/mol. The van der Waals surface area contributed by atoms with E-state index in [-0.39, 0.29) is 5.56 Å². The van der Waals surface area contributed by atoms with Crippen LogP contribution in [-0.4, -0.2) is 17.3 Å². The lowest BCUT2D eigenvalue weighted by molar-refractivity contribution is -0.274. The molecule has 2 rings (SSSR count). The maximum absolute atomic E-state index is 12.2. The number of alkyl halides is 3. The summed E-state index contributed by atoms with van der Waals surface area (Å²) in [5.74, 6) is -1.60. The summed E-state index contributed by atoms with van der Waals surface area (Å²) in [5, 5.41) is 0. The number of halogens is 3. The number of primary amides is 1. The number of aromatic nitrogens is 1. The smallest absolute Gasteiger partial charge is 0.405 e. The molecule has 110 valence electrons. The molecule has 1 aromatic carbocycles. The van der Waals surface area contributed by atoms with Crippen molar-refractivity contribution in [1.29, 1.82) is 0 Å². The van der Waals surface area contributed by atoms with Gasteiger partial charge in [-0.2, -0.15) is 0 Å². The van der Waals surface area contributed by atoms with Crippen molar-refractivity contribution < 1.29 is 22.7 Å². The number of hydrogen-bond acceptors (Lipinski definition) is 3. The number of pyridine rings is 1. The Labute approximate surface area is 118 Å². The second-order valence-corrected chi connectivity index (χ2v) is 4.24. The summed E-state index contributed by atoms with van der Waals surface area (Å²) >= 11 is 0. The van der Waals surface area contributed by atoms with E-state index in [1.54, 1.807) is 24.4 Å². The molecule has 4 nitrogen and oxygen atoms in total. The molecule has 0 saturated heterocycles. The maximum atomic E-state index is 12.2. The normalized spacial score (nSPS) is 11.2. The van der Waals surface area contributed by atoms with Gasteiger partial charge in [-0.15, -0.1) is 13.2 Å². The van der Waals surface area contributed by atoms with Gasteiger partial charge in [0.15, 0.2) is 0 Å². The third kappa shape index (κ3) is 4.20. The molecular formula is C14H11F3N2O2. The van der Waals surface area contributed by atoms with Crippen molar-refractivity contribution in [2.75, 3.05) is 0 Å². The standard InChI is InChI=1S/C14H11F3N2O2/c15-14(16,17)21-12-5-4-9(8-11(12)13(18)20)7-10-3-1-2-6-19-10/h1-6,8H,7H2,(H2,18,20). The van der Waals surface area contributed by atoms with Crippen LogP contribution in [0.2, 0.25) is 0 Å². The number of carbonyl (C=O) groups excluding carboxylic acids is 1. The highest BCUT2D eigenvalue weighted by molar-refractivity contribution is 5.95. The number of rotatable bonds is 4. The van der Waals surface area contributed by atoms with Crippen LogP contribution in [0.3, 0.4) is 0 Å². The van der Waals surface area contributed by atoms with Gasteiger partial charge in [-0.1, -0.05) is 12.1 Å². The van der Waals surface area contributed by atoms with Gasteiger partial charge >= 0.3 is 6.36 Å². The summed E-state index contributed by atoms with van der Waals surface area (Å²) in [4.78, 5) is 15.4. The fourth-order valence-electron chi connectivity index (χ4n) is 1.81. The number of nitrogens with two attached hydrogens (primary N) is 1. The van der Waals surface area contributed by atoms with Crippen molar-refractivity contribution in [3.63, 3.8) is 0 Å². The summed E-state index contributed by atoms with van der Waals surface area (Å²) in [6.45, 7) is 0. The average molecular weight is 296 g/mol. The zero-order valence-corrected chi connectivity index (χ0v) is 10.7. The molecule has 0 bridgehead atoms. The summed E-state index contributed by atoms with van der Waals surface area (Å²) in [6, 6.07) is 9.09. The van der Waals surface area contributed by atoms with Gasteiger partial charge in [-0.05, 0) is 29.8 Å². The second kappa shape index (κ2) is 5.82. The van der Waals surface area contributed by atoms with Gasteiger partial charge in [0.2, 0.25) is 0 Å². The van der Waals surface area contributed by atoms with Crippen molar-refractivity contribution in [2.24, 2.45) is 5.73 Å². The van der Waals surface area contributed by atoms with Crippen LogP contribution < -0.4 is 10.5 Å². The molecule has 0 fully saturated rings. The molecule has 0 aliphatic carbocycles. The van der Waals surface area contributed by atoms with E-state index in [9.17, 15) is 18.0 Å². The van der Waals surface area contributed by atoms with E-state index in [1.807, 2.05) is 0 Å². The molecule has 0 unspecified atom stereocenters. The number of amides is 1. The van der Waals surface area contributed by atoms with E-state index in [0.717, 1.165) is 11.8 Å². The maximum Gasteiger partial charge on any atom is 0.573 e. The van der Waals surface area contributed by atoms with Crippen LogP contribution in [0, 0.1) is 0 Å². The van der Waals surface area contributed by atoms with Gasteiger partial charge in [0.05, 0.1) is 5.56 Å². The van der Waals surface area contributed by atoms with E-state index in [1.165, 1.54) is 12.1 Å². The molecule has 0 saturated carbocycles. The fraction of sp³-hybridized carbons (Fsp3) is 0.143. The van der Waals surface area contributed by atoms with Crippen LogP contribution in [0.15, 0.2) is 42.6 Å². The van der Waals surface area contributed by atoms with E-state index in [0.29, 0.717) is 12.0 Å². The monoisotopic (exact) mass is 296 g/mol. The first kappa shape index (κ1) is 14.8. The number of hydrogen-bond donors (Lipinski definition) is 1. The van der Waals surface area contributed by atoms with Crippen LogP contribution in [-0.2, 0) is 6.42 Å². The predicted octanol–water partition coefficient (Wildman–Crippen LogP) is 2.67. The molecule has 0 aliphatic heterocycles. The van der Waals surface area contributed by atoms with Crippen molar-refractivity contribution in [3.05, 3.63) is 59.4 Å². The van der Waals surface area contributed by atoms with Crippen LogP contribution >= 0.6 is 0 Å². The molecule has 2 N–H and O–H groups in total. The Kier molecular flexibility index (Phi) is 4.11. The average Bonchev–Trinajstić information content (AvgIpc) is 2.40. The SMILES string of the molecule is NC(=O)c1cc(Cc2ccccn2)ccc1OC(F)(F)F. The minimum Gasteiger partial charge on any atom is -0.405 e. The van der Waals surface area contributed by atoms with E-state index < -0.39 is 18.0 Å². The number of benzene rings is 1. The molecular weight excluding hydrogens is 285 g/mol. The molecule has 0 aliphatic rings. The topological polar surface area (TPSA) is 65.2 Å².